The summed E-state index contributed by atoms with van der Waals surface area (Å²) < 4.78 is 44.0. The molecule has 1 aliphatic carbocycles. The van der Waals surface area contributed by atoms with Gasteiger partial charge in [-0.25, -0.2) is 9.97 Å². The minimum absolute atomic E-state index is 0.114. The SMILES string of the molecule is Cn1cc(C(F)(F)F)nc1-c1ccc(Cn2c(=N)n(C3CCC3)c3cnc(Cl)nc32)cc1. The highest BCUT2D eigenvalue weighted by atomic mass is 35.5. The molecule has 32 heavy (non-hydrogen) atoms. The van der Waals surface area contributed by atoms with Crippen LogP contribution in [-0.2, 0) is 19.8 Å². The van der Waals surface area contributed by atoms with Crippen LogP contribution in [0.5, 0.6) is 0 Å². The fourth-order valence-electron chi connectivity index (χ4n) is 4.04. The number of nitrogens with zero attached hydrogens (tertiary/aromatic N) is 6. The van der Waals surface area contributed by atoms with E-state index < -0.39 is 11.9 Å². The van der Waals surface area contributed by atoms with Crippen LogP contribution in [0.2, 0.25) is 5.28 Å². The van der Waals surface area contributed by atoms with E-state index in [4.69, 9.17) is 17.0 Å². The number of benzene rings is 1. The Hall–Kier alpha value is -3.14. The zero-order valence-corrected chi connectivity index (χ0v) is 17.8. The van der Waals surface area contributed by atoms with Crippen molar-refractivity contribution in [3.8, 4) is 11.4 Å². The molecule has 3 heterocycles. The van der Waals surface area contributed by atoms with E-state index in [1.807, 2.05) is 16.7 Å². The fraction of sp³-hybridized carbons (Fsp3) is 0.333. The second-order valence-corrected chi connectivity index (χ2v) is 8.31. The molecule has 0 amide bonds. The van der Waals surface area contributed by atoms with Gasteiger partial charge in [-0.05, 0) is 36.4 Å². The zero-order valence-electron chi connectivity index (χ0n) is 17.1. The van der Waals surface area contributed by atoms with Crippen molar-refractivity contribution in [3.63, 3.8) is 0 Å². The lowest BCUT2D eigenvalue weighted by Crippen LogP contribution is -2.31. The highest BCUT2D eigenvalue weighted by Gasteiger charge is 2.34. The molecule has 1 fully saturated rings. The van der Waals surface area contributed by atoms with Crippen LogP contribution < -0.4 is 5.62 Å². The Kier molecular flexibility index (Phi) is 4.85. The van der Waals surface area contributed by atoms with Crippen LogP contribution in [0.1, 0.15) is 36.6 Å². The molecule has 0 atom stereocenters. The number of alkyl halides is 3. The second kappa shape index (κ2) is 7.47. The smallest absolute Gasteiger partial charge is 0.333 e. The van der Waals surface area contributed by atoms with E-state index in [0.717, 1.165) is 36.5 Å². The van der Waals surface area contributed by atoms with Gasteiger partial charge in [-0.15, -0.1) is 0 Å². The summed E-state index contributed by atoms with van der Waals surface area (Å²) in [5.41, 5.74) is 2.21. The Balaban J connectivity index is 1.49. The van der Waals surface area contributed by atoms with Gasteiger partial charge in [-0.3, -0.25) is 9.98 Å². The molecule has 0 bridgehead atoms. The highest BCUT2D eigenvalue weighted by molar-refractivity contribution is 6.28. The van der Waals surface area contributed by atoms with Crippen molar-refractivity contribution in [1.29, 1.82) is 5.41 Å². The molecular weight excluding hydrogens is 443 g/mol. The van der Waals surface area contributed by atoms with Gasteiger partial charge in [0.1, 0.15) is 11.3 Å². The summed E-state index contributed by atoms with van der Waals surface area (Å²) in [6.45, 7) is 0.372. The molecule has 166 valence electrons. The summed E-state index contributed by atoms with van der Waals surface area (Å²) in [6, 6.07) is 7.35. The van der Waals surface area contributed by atoms with E-state index in [9.17, 15) is 13.2 Å². The lowest BCUT2D eigenvalue weighted by atomic mass is 9.93. The van der Waals surface area contributed by atoms with Crippen molar-refractivity contribution in [2.75, 3.05) is 0 Å². The monoisotopic (exact) mass is 461 g/mol. The average molecular weight is 462 g/mol. The molecule has 0 spiro atoms. The molecule has 1 N–H and O–H groups in total. The number of hydrogen-bond acceptors (Lipinski definition) is 4. The first kappa shape index (κ1) is 20.7. The third kappa shape index (κ3) is 3.48. The predicted molar refractivity (Wildman–Crippen MR) is 112 cm³/mol. The molecule has 1 saturated carbocycles. The molecule has 1 aromatic carbocycles. The van der Waals surface area contributed by atoms with Crippen LogP contribution >= 0.6 is 11.6 Å². The van der Waals surface area contributed by atoms with Gasteiger partial charge >= 0.3 is 6.18 Å². The molecule has 0 saturated heterocycles. The first-order chi connectivity index (χ1) is 15.2. The Morgan fingerprint density at radius 3 is 2.47 bits per heavy atom. The van der Waals surface area contributed by atoms with Crippen LogP contribution in [0, 0.1) is 5.41 Å². The van der Waals surface area contributed by atoms with Crippen LogP contribution in [0.4, 0.5) is 13.2 Å². The van der Waals surface area contributed by atoms with E-state index in [2.05, 4.69) is 15.0 Å². The Labute approximate surface area is 185 Å². The van der Waals surface area contributed by atoms with Crippen LogP contribution in [-0.4, -0.2) is 28.7 Å². The number of rotatable bonds is 4. The van der Waals surface area contributed by atoms with E-state index >= 15 is 0 Å². The van der Waals surface area contributed by atoms with Crippen molar-refractivity contribution in [2.45, 2.75) is 38.0 Å². The topological polar surface area (TPSA) is 77.3 Å². The summed E-state index contributed by atoms with van der Waals surface area (Å²) in [5.74, 6) is 0.235. The predicted octanol–water partition coefficient (Wildman–Crippen LogP) is 4.56. The van der Waals surface area contributed by atoms with Crippen LogP contribution in [0.15, 0.2) is 36.7 Å². The molecule has 0 unspecified atom stereocenters. The quantitative estimate of drug-likeness (QED) is 0.453. The summed E-state index contributed by atoms with van der Waals surface area (Å²) in [4.78, 5) is 12.2. The lowest BCUT2D eigenvalue weighted by molar-refractivity contribution is -0.140. The third-order valence-electron chi connectivity index (χ3n) is 5.88. The van der Waals surface area contributed by atoms with Gasteiger partial charge in [0, 0.05) is 24.8 Å². The molecule has 0 aliphatic heterocycles. The minimum atomic E-state index is -4.49. The van der Waals surface area contributed by atoms with Crippen molar-refractivity contribution in [2.24, 2.45) is 7.05 Å². The van der Waals surface area contributed by atoms with Crippen LogP contribution in [0.3, 0.4) is 0 Å². The first-order valence-corrected chi connectivity index (χ1v) is 10.5. The molecule has 0 radical (unpaired) electrons. The number of fused-ring (bicyclic) bond motifs is 1. The summed E-state index contributed by atoms with van der Waals surface area (Å²) >= 11 is 6.02. The number of imidazole rings is 2. The summed E-state index contributed by atoms with van der Waals surface area (Å²) in [6.07, 6.45) is 1.29. The number of nitrogens with one attached hydrogen (secondary N) is 1. The fourth-order valence-corrected chi connectivity index (χ4v) is 4.16. The maximum absolute atomic E-state index is 13.0. The van der Waals surface area contributed by atoms with Crippen LogP contribution in [0.25, 0.3) is 22.6 Å². The van der Waals surface area contributed by atoms with Crippen molar-refractivity contribution >= 4 is 22.8 Å². The Morgan fingerprint density at radius 2 is 1.88 bits per heavy atom. The molecule has 7 nitrogen and oxygen atoms in total. The van der Waals surface area contributed by atoms with Gasteiger partial charge in [0.15, 0.2) is 11.3 Å². The summed E-state index contributed by atoms with van der Waals surface area (Å²) in [7, 11) is 1.53. The number of aromatic nitrogens is 6. The zero-order chi connectivity index (χ0) is 22.6. The normalized spacial score (nSPS) is 14.8. The van der Waals surface area contributed by atoms with Gasteiger partial charge in [-0.2, -0.15) is 18.2 Å². The van der Waals surface area contributed by atoms with Crippen molar-refractivity contribution < 1.29 is 13.2 Å². The third-order valence-corrected chi connectivity index (χ3v) is 6.06. The highest BCUT2D eigenvalue weighted by Crippen LogP contribution is 2.33. The Bertz CT molecular complexity index is 1360. The largest absolute Gasteiger partial charge is 0.434 e. The average Bonchev–Trinajstić information content (AvgIpc) is 3.21. The second-order valence-electron chi connectivity index (χ2n) is 7.97. The maximum Gasteiger partial charge on any atom is 0.434 e. The molecular formula is C21H19ClF3N7. The van der Waals surface area contributed by atoms with Crippen molar-refractivity contribution in [3.05, 3.63) is 58.8 Å². The Morgan fingerprint density at radius 1 is 1.16 bits per heavy atom. The number of halogens is 4. The first-order valence-electron chi connectivity index (χ1n) is 10.1. The molecule has 4 aromatic rings. The molecule has 11 heteroatoms. The number of hydrogen-bond donors (Lipinski definition) is 1. The van der Waals surface area contributed by atoms with E-state index in [1.165, 1.54) is 11.6 Å². The standard InChI is InChI=1S/C21H19ClF3N7/c1-30-11-16(21(23,24)25)28-17(30)13-7-5-12(6-8-13)10-31-18-15(9-27-19(22)29-18)32(20(31)26)14-3-2-4-14/h5-9,11,14,26H,2-4,10H2,1H3. The van der Waals surface area contributed by atoms with Gasteiger partial charge in [0.25, 0.3) is 0 Å². The van der Waals surface area contributed by atoms with Gasteiger partial charge in [0.2, 0.25) is 10.9 Å². The number of aryl methyl sites for hydroxylation is 1. The van der Waals surface area contributed by atoms with Gasteiger partial charge in [-0.1, -0.05) is 24.3 Å². The maximum atomic E-state index is 13.0. The molecule has 5 rings (SSSR count). The van der Waals surface area contributed by atoms with E-state index in [-0.39, 0.29) is 17.1 Å². The molecule has 1 aliphatic rings. The summed E-state index contributed by atoms with van der Waals surface area (Å²) in [5, 5.41) is 8.84. The minimum Gasteiger partial charge on any atom is -0.333 e. The van der Waals surface area contributed by atoms with E-state index in [1.54, 1.807) is 22.9 Å². The van der Waals surface area contributed by atoms with Crippen molar-refractivity contribution in [1.82, 2.24) is 28.7 Å². The van der Waals surface area contributed by atoms with Gasteiger partial charge in [0.05, 0.1) is 12.7 Å². The molecule has 3 aromatic heterocycles. The van der Waals surface area contributed by atoms with E-state index in [0.29, 0.717) is 23.4 Å². The van der Waals surface area contributed by atoms with Gasteiger partial charge < -0.3 is 9.13 Å². The lowest BCUT2D eigenvalue weighted by Gasteiger charge is -2.27.